The molecule has 626 valence electrons. The number of carbonyl (C=O) groups excluding carboxylic acids is 3. The summed E-state index contributed by atoms with van der Waals surface area (Å²) >= 11 is 0. The lowest BCUT2D eigenvalue weighted by atomic mass is 10.0. The lowest BCUT2D eigenvalue weighted by molar-refractivity contribution is -0.138. The third-order valence-electron chi connectivity index (χ3n) is 20.9. The highest BCUT2D eigenvalue weighted by Crippen LogP contribution is 2.28. The molecule has 0 fully saturated rings. The summed E-state index contributed by atoms with van der Waals surface area (Å²) in [6, 6.07) is 49.6. The van der Waals surface area contributed by atoms with Gasteiger partial charge in [0.1, 0.15) is 23.4 Å². The summed E-state index contributed by atoms with van der Waals surface area (Å²) in [6.45, 7) is 13.6. The fraction of sp³-hybridized carbons (Fsp3) is 0.559. The minimum atomic E-state index is -0.301. The molecule has 114 heavy (non-hydrogen) atoms. The van der Waals surface area contributed by atoms with Gasteiger partial charge in [0.25, 0.3) is 0 Å². The number of ether oxygens (including phenoxy) is 9. The average Bonchev–Trinajstić information content (AvgIpc) is 0.865. The quantitative estimate of drug-likeness (QED) is 0.0156. The van der Waals surface area contributed by atoms with E-state index in [0.717, 1.165) is 216 Å². The number of esters is 3. The number of benzene rings is 6. The first-order valence-electron chi connectivity index (χ1n) is 45.1. The molecule has 0 N–H and O–H groups in total. The smallest absolute Gasteiger partial charge is 0.330 e. The van der Waals surface area contributed by atoms with Gasteiger partial charge in [0.05, 0.1) is 52.9 Å². The van der Waals surface area contributed by atoms with E-state index in [1.165, 1.54) is 172 Å². The predicted octanol–water partition coefficient (Wildman–Crippen LogP) is 27.8. The van der Waals surface area contributed by atoms with Crippen LogP contribution < -0.4 is 14.2 Å². The van der Waals surface area contributed by atoms with Gasteiger partial charge in [-0.2, -0.15) is 0 Å². The minimum Gasteiger partial charge on any atom is -0.494 e. The Morgan fingerprint density at radius 2 is 0.439 bits per heavy atom. The Morgan fingerprint density at radius 3 is 0.684 bits per heavy atom. The molecule has 12 nitrogen and oxygen atoms in total. The fourth-order valence-corrected chi connectivity index (χ4v) is 13.8. The molecule has 0 radical (unpaired) electrons. The maximum Gasteiger partial charge on any atom is 0.330 e. The zero-order valence-electron chi connectivity index (χ0n) is 70.8. The van der Waals surface area contributed by atoms with Crippen molar-refractivity contribution in [1.29, 1.82) is 0 Å². The van der Waals surface area contributed by atoms with Crippen LogP contribution >= 0.6 is 0 Å². The first-order valence-corrected chi connectivity index (χ1v) is 45.1. The van der Waals surface area contributed by atoms with Crippen LogP contribution in [0.3, 0.4) is 0 Å². The van der Waals surface area contributed by atoms with Crippen molar-refractivity contribution in [1.82, 2.24) is 0 Å². The van der Waals surface area contributed by atoms with Crippen LogP contribution in [0.1, 0.15) is 307 Å². The van der Waals surface area contributed by atoms with E-state index in [2.05, 4.69) is 93.6 Å². The summed E-state index contributed by atoms with van der Waals surface area (Å²) in [5, 5.41) is 0. The molecule has 0 saturated heterocycles. The van der Waals surface area contributed by atoms with E-state index in [1.54, 1.807) is 0 Å². The molecule has 0 amide bonds. The van der Waals surface area contributed by atoms with Gasteiger partial charge in [0, 0.05) is 38.0 Å². The summed E-state index contributed by atoms with van der Waals surface area (Å²) in [4.78, 5) is 37.5. The van der Waals surface area contributed by atoms with Crippen LogP contribution in [0.15, 0.2) is 164 Å². The topological polar surface area (TPSA) is 134 Å². The third-order valence-corrected chi connectivity index (χ3v) is 20.9. The van der Waals surface area contributed by atoms with Gasteiger partial charge in [0.2, 0.25) is 0 Å². The van der Waals surface area contributed by atoms with Gasteiger partial charge in [-0.3, -0.25) is 0 Å². The summed E-state index contributed by atoms with van der Waals surface area (Å²) < 4.78 is 53.3. The molecule has 0 aliphatic heterocycles. The Kier molecular flexibility index (Phi) is 54.5. The average molecular weight is 1560 g/mol. The molecule has 0 unspecified atom stereocenters. The lowest BCUT2D eigenvalue weighted by Crippen LogP contribution is -2.26. The van der Waals surface area contributed by atoms with E-state index in [9.17, 15) is 14.4 Å². The standard InChI is InChI=1S/C102H146O12/c1-4-7-10-13-30-39-78-108-96-67-61-93(62-68-96)90-55-46-87(47-56-90)52-73-100(103)112-82-43-34-25-18-16-22-28-37-76-106-85-99(111-81-42-33-24-20-21-27-36-45-84-114-102(105)75-54-89-50-59-92(60-51-89)95-65-71-98(72-66-95)110-80-41-32-15-12-9-6-3)86-107-77-38-29-23-17-19-26-35-44-83-113-101(104)74-53-88-48-57-91(58-49-88)94-63-69-97(70-64-94)109-79-40-31-14-11-8-5-2/h46-75,99H,4-45,76-86H2,1-3H3. The van der Waals surface area contributed by atoms with Gasteiger partial charge in [-0.25, -0.2) is 14.4 Å². The van der Waals surface area contributed by atoms with Crippen LogP contribution in [0.25, 0.3) is 51.6 Å². The van der Waals surface area contributed by atoms with Crippen molar-refractivity contribution in [3.63, 3.8) is 0 Å². The maximum absolute atomic E-state index is 12.5. The molecule has 0 atom stereocenters. The predicted molar refractivity (Wildman–Crippen MR) is 474 cm³/mol. The van der Waals surface area contributed by atoms with Crippen molar-refractivity contribution in [2.45, 2.75) is 297 Å². The molecule has 12 heteroatoms. The molecule has 0 aliphatic rings. The van der Waals surface area contributed by atoms with Crippen LogP contribution in [-0.2, 0) is 42.8 Å². The Labute approximate surface area is 689 Å². The highest BCUT2D eigenvalue weighted by atomic mass is 16.6. The van der Waals surface area contributed by atoms with Crippen LogP contribution in [-0.4, -0.2) is 96.7 Å². The van der Waals surface area contributed by atoms with Crippen molar-refractivity contribution >= 4 is 36.1 Å². The number of unbranched alkanes of at least 4 members (excludes halogenated alkanes) is 36. The molecule has 0 bridgehead atoms. The largest absolute Gasteiger partial charge is 0.494 e. The van der Waals surface area contributed by atoms with Crippen LogP contribution in [0.5, 0.6) is 17.2 Å². The number of hydrogen-bond acceptors (Lipinski definition) is 12. The second-order valence-corrected chi connectivity index (χ2v) is 30.9. The van der Waals surface area contributed by atoms with E-state index >= 15 is 0 Å². The van der Waals surface area contributed by atoms with Gasteiger partial charge in [0.15, 0.2) is 0 Å². The maximum atomic E-state index is 12.5. The molecule has 0 aliphatic carbocycles. The summed E-state index contributed by atoms with van der Waals surface area (Å²) in [5.74, 6) is 1.83. The van der Waals surface area contributed by atoms with E-state index in [-0.39, 0.29) is 24.0 Å². The second kappa shape index (κ2) is 65.4. The van der Waals surface area contributed by atoms with Crippen molar-refractivity contribution in [2.75, 3.05) is 72.7 Å². The molecule has 0 saturated carbocycles. The SMILES string of the molecule is CCCCCCCCOc1ccc(-c2ccc(C=CC(=O)OCCCCCCCCCCOCC(COCCCCCCCCCCOC(=O)C=Cc3ccc(-c4ccc(OCCCCCCCC)cc4)cc3)OCCCCCCCCCCOC(=O)C=Cc3ccc(-c4ccc(OCCCCCCCC)cc4)cc3)cc2)cc1. The first kappa shape index (κ1) is 95.1. The Bertz CT molecular complexity index is 3260. The summed E-state index contributed by atoms with van der Waals surface area (Å²) in [5.41, 5.74) is 9.65. The van der Waals surface area contributed by atoms with Crippen molar-refractivity contribution < 1.29 is 57.0 Å². The number of rotatable bonds is 71. The van der Waals surface area contributed by atoms with Crippen LogP contribution in [0, 0.1) is 0 Å². The van der Waals surface area contributed by atoms with Gasteiger partial charge >= 0.3 is 17.9 Å². The Hall–Kier alpha value is -7.77. The number of carbonyl (C=O) groups is 3. The van der Waals surface area contributed by atoms with Crippen molar-refractivity contribution in [3.8, 4) is 50.6 Å². The summed E-state index contributed by atoms with van der Waals surface area (Å²) in [7, 11) is 0. The second-order valence-electron chi connectivity index (χ2n) is 30.9. The monoisotopic (exact) mass is 1560 g/mol. The van der Waals surface area contributed by atoms with E-state index in [0.29, 0.717) is 39.6 Å². The van der Waals surface area contributed by atoms with Gasteiger partial charge in [-0.05, 0) is 162 Å². The van der Waals surface area contributed by atoms with Gasteiger partial charge in [-0.1, -0.05) is 342 Å². The molecule has 6 aromatic rings. The van der Waals surface area contributed by atoms with Gasteiger partial charge in [-0.15, -0.1) is 0 Å². The Morgan fingerprint density at radius 1 is 0.237 bits per heavy atom. The molecular formula is C102H146O12. The van der Waals surface area contributed by atoms with Crippen molar-refractivity contribution in [2.24, 2.45) is 0 Å². The highest BCUT2D eigenvalue weighted by Gasteiger charge is 2.12. The molecular weight excluding hydrogens is 1420 g/mol. The van der Waals surface area contributed by atoms with Crippen LogP contribution in [0.2, 0.25) is 0 Å². The third kappa shape index (κ3) is 47.3. The zero-order chi connectivity index (χ0) is 80.3. The zero-order valence-corrected chi connectivity index (χ0v) is 70.8. The fourth-order valence-electron chi connectivity index (χ4n) is 13.8. The van der Waals surface area contributed by atoms with E-state index in [1.807, 2.05) is 91.0 Å². The molecule has 0 spiro atoms. The van der Waals surface area contributed by atoms with Crippen molar-refractivity contribution in [3.05, 3.63) is 181 Å². The minimum absolute atomic E-state index is 0.0818. The normalized spacial score (nSPS) is 11.8. The molecule has 0 aromatic heterocycles. The first-order chi connectivity index (χ1) is 56.3. The number of hydrogen-bond donors (Lipinski definition) is 0. The lowest BCUT2D eigenvalue weighted by Gasteiger charge is -2.18. The molecule has 6 aromatic carbocycles. The van der Waals surface area contributed by atoms with E-state index < -0.39 is 0 Å². The molecule has 0 heterocycles. The summed E-state index contributed by atoms with van der Waals surface area (Å²) in [6.07, 6.45) is 58.9. The van der Waals surface area contributed by atoms with E-state index in [4.69, 9.17) is 42.6 Å². The molecule has 6 rings (SSSR count). The highest BCUT2D eigenvalue weighted by molar-refractivity contribution is 5.88. The van der Waals surface area contributed by atoms with Gasteiger partial charge < -0.3 is 42.6 Å². The Balaban J connectivity index is 0.768. The van der Waals surface area contributed by atoms with Crippen LogP contribution in [0.4, 0.5) is 0 Å².